The van der Waals surface area contributed by atoms with Crippen LogP contribution in [0.4, 0.5) is 0 Å². The maximum absolute atomic E-state index is 13.2. The Labute approximate surface area is 244 Å². The topological polar surface area (TPSA) is 187 Å². The molecule has 1 fully saturated rings. The van der Waals surface area contributed by atoms with Crippen molar-refractivity contribution in [3.63, 3.8) is 0 Å². The minimum absolute atomic E-state index is 0.0586. The number of nitrogens with zero attached hydrogens (tertiary/aromatic N) is 3. The van der Waals surface area contributed by atoms with Gasteiger partial charge in [-0.3, -0.25) is 14.6 Å². The van der Waals surface area contributed by atoms with Gasteiger partial charge in [0.2, 0.25) is 11.8 Å². The summed E-state index contributed by atoms with van der Waals surface area (Å²) < 4.78 is 0. The largest absolute Gasteiger partial charge is 0.399 e. The number of nitriles is 1. The van der Waals surface area contributed by atoms with E-state index in [1.165, 1.54) is 0 Å². The normalized spacial score (nSPS) is 19.0. The number of aromatic nitrogens is 3. The van der Waals surface area contributed by atoms with Gasteiger partial charge in [-0.1, -0.05) is 24.8 Å². The Morgan fingerprint density at radius 1 is 1.14 bits per heavy atom. The SMILES string of the molecule is C=C(N)c1ccc2c(c1)CCc1cc(C(N)=O)ccc1C2(C[C@@H](C)NCC(=O)N(C(C)C#N)C1CC1)c1n[nH]c(=O)[nH]1. The summed E-state index contributed by atoms with van der Waals surface area (Å²) in [5, 5.41) is 19.8. The standard InChI is InChI=1S/C31H36N8O3/c1-17(35-16-27(40)39(18(2)15-32)24-8-9-24)14-31(29-36-30(42)38-37-29)25-10-6-20(19(3)33)12-21(25)4-5-22-13-23(28(34)41)7-11-26(22)31/h6-7,10-13,17-18,24,35H,3-5,8-9,14,16,33H2,1-2H3,(H2,34,41)(H2,36,37,38,42)/t17-,18?,31?/m1/s1. The number of primary amides is 1. The maximum Gasteiger partial charge on any atom is 0.340 e. The quantitative estimate of drug-likeness (QED) is 0.247. The number of hydrogen-bond acceptors (Lipinski definition) is 7. The molecule has 0 saturated heterocycles. The smallest absolute Gasteiger partial charge is 0.340 e. The van der Waals surface area contributed by atoms with Gasteiger partial charge < -0.3 is 21.7 Å². The summed E-state index contributed by atoms with van der Waals surface area (Å²) in [7, 11) is 0. The molecule has 2 amide bonds. The molecule has 2 aliphatic carbocycles. The van der Waals surface area contributed by atoms with E-state index in [1.54, 1.807) is 17.9 Å². The van der Waals surface area contributed by atoms with Crippen LogP contribution < -0.4 is 22.5 Å². The molecule has 1 heterocycles. The van der Waals surface area contributed by atoms with Gasteiger partial charge in [-0.15, -0.1) is 0 Å². The number of fused-ring (bicyclic) bond motifs is 2. The molecule has 2 aromatic carbocycles. The average molecular weight is 569 g/mol. The highest BCUT2D eigenvalue weighted by atomic mass is 16.2. The van der Waals surface area contributed by atoms with Crippen LogP contribution in [0.5, 0.6) is 0 Å². The minimum atomic E-state index is -0.962. The first kappa shape index (κ1) is 28.8. The molecule has 11 nitrogen and oxygen atoms in total. The Morgan fingerprint density at radius 3 is 2.29 bits per heavy atom. The van der Waals surface area contributed by atoms with Gasteiger partial charge in [0.1, 0.15) is 11.9 Å². The number of rotatable bonds is 10. The van der Waals surface area contributed by atoms with Gasteiger partial charge in [-0.05, 0) is 92.0 Å². The number of nitrogens with one attached hydrogen (secondary N) is 3. The zero-order valence-electron chi connectivity index (χ0n) is 23.9. The molecule has 7 N–H and O–H groups in total. The zero-order valence-corrected chi connectivity index (χ0v) is 23.9. The summed E-state index contributed by atoms with van der Waals surface area (Å²) in [6.45, 7) is 7.68. The molecular weight excluding hydrogens is 532 g/mol. The van der Waals surface area contributed by atoms with E-state index in [9.17, 15) is 19.6 Å². The van der Waals surface area contributed by atoms with Crippen LogP contribution in [0.1, 0.15) is 77.1 Å². The molecule has 0 aliphatic heterocycles. The first-order valence-electron chi connectivity index (χ1n) is 14.2. The van der Waals surface area contributed by atoms with Gasteiger partial charge in [-0.2, -0.15) is 10.4 Å². The highest BCUT2D eigenvalue weighted by Gasteiger charge is 2.45. The fraction of sp³-hybridized carbons (Fsp3) is 0.387. The van der Waals surface area contributed by atoms with Gasteiger partial charge in [0.25, 0.3) is 0 Å². The maximum atomic E-state index is 13.2. The summed E-state index contributed by atoms with van der Waals surface area (Å²) >= 11 is 0. The van der Waals surface area contributed by atoms with Crippen molar-refractivity contribution < 1.29 is 9.59 Å². The van der Waals surface area contributed by atoms with Crippen molar-refractivity contribution in [2.24, 2.45) is 11.5 Å². The number of carbonyl (C=O) groups excluding carboxylic acids is 2. The lowest BCUT2D eigenvalue weighted by Crippen LogP contribution is -2.47. The van der Waals surface area contributed by atoms with Crippen LogP contribution in [0.15, 0.2) is 47.8 Å². The molecule has 2 unspecified atom stereocenters. The van der Waals surface area contributed by atoms with E-state index in [0.29, 0.717) is 36.3 Å². The Bertz CT molecular complexity index is 1580. The molecular formula is C31H36N8O3. The monoisotopic (exact) mass is 568 g/mol. The van der Waals surface area contributed by atoms with E-state index in [1.807, 2.05) is 37.3 Å². The summed E-state index contributed by atoms with van der Waals surface area (Å²) in [5.41, 5.74) is 15.6. The van der Waals surface area contributed by atoms with Gasteiger partial charge in [0.05, 0.1) is 18.0 Å². The van der Waals surface area contributed by atoms with Crippen LogP contribution in [0, 0.1) is 11.3 Å². The molecule has 3 aromatic rings. The Balaban J connectivity index is 1.61. The first-order chi connectivity index (χ1) is 20.0. The summed E-state index contributed by atoms with van der Waals surface area (Å²) in [4.78, 5) is 42.4. The zero-order chi connectivity index (χ0) is 30.2. The van der Waals surface area contributed by atoms with Gasteiger partial charge in [0.15, 0.2) is 0 Å². The molecule has 0 spiro atoms. The van der Waals surface area contributed by atoms with Crippen LogP contribution >= 0.6 is 0 Å². The number of amides is 2. The average Bonchev–Trinajstić information content (AvgIpc) is 3.72. The van der Waals surface area contributed by atoms with E-state index < -0.39 is 23.1 Å². The number of hydrogen-bond donors (Lipinski definition) is 5. The second kappa shape index (κ2) is 11.3. The van der Waals surface area contributed by atoms with Crippen molar-refractivity contribution in [3.8, 4) is 6.07 Å². The van der Waals surface area contributed by atoms with Crippen molar-refractivity contribution in [1.82, 2.24) is 25.4 Å². The molecule has 11 heteroatoms. The van der Waals surface area contributed by atoms with Crippen LogP contribution in [0.2, 0.25) is 0 Å². The van der Waals surface area contributed by atoms with Crippen LogP contribution in [0.25, 0.3) is 5.70 Å². The third kappa shape index (κ3) is 5.33. The highest BCUT2D eigenvalue weighted by molar-refractivity contribution is 5.93. The molecule has 1 aromatic heterocycles. The molecule has 0 bridgehead atoms. The molecule has 1 saturated carbocycles. The lowest BCUT2D eigenvalue weighted by Gasteiger charge is -2.37. The lowest BCUT2D eigenvalue weighted by atomic mass is 9.67. The summed E-state index contributed by atoms with van der Waals surface area (Å²) in [6.07, 6.45) is 3.48. The summed E-state index contributed by atoms with van der Waals surface area (Å²) in [6, 6.07) is 12.8. The van der Waals surface area contributed by atoms with Crippen molar-refractivity contribution >= 4 is 17.5 Å². The number of carbonyl (C=O) groups is 2. The second-order valence-corrected chi connectivity index (χ2v) is 11.4. The van der Waals surface area contributed by atoms with Crippen molar-refractivity contribution in [1.29, 1.82) is 5.26 Å². The number of aromatic amines is 2. The van der Waals surface area contributed by atoms with E-state index in [-0.39, 0.29) is 24.5 Å². The van der Waals surface area contributed by atoms with Gasteiger partial charge in [-0.25, -0.2) is 9.89 Å². The predicted molar refractivity (Wildman–Crippen MR) is 158 cm³/mol. The second-order valence-electron chi connectivity index (χ2n) is 11.4. The Morgan fingerprint density at radius 2 is 1.76 bits per heavy atom. The molecule has 0 radical (unpaired) electrons. The van der Waals surface area contributed by atoms with E-state index in [2.05, 4.69) is 33.1 Å². The minimum Gasteiger partial charge on any atom is -0.399 e. The molecule has 42 heavy (non-hydrogen) atoms. The molecule has 2 aliphatic rings. The first-order valence-corrected chi connectivity index (χ1v) is 14.2. The van der Waals surface area contributed by atoms with Crippen molar-refractivity contribution in [2.45, 2.75) is 69.5 Å². The van der Waals surface area contributed by atoms with E-state index >= 15 is 0 Å². The fourth-order valence-electron chi connectivity index (χ4n) is 6.28. The van der Waals surface area contributed by atoms with Crippen LogP contribution in [-0.4, -0.2) is 56.6 Å². The van der Waals surface area contributed by atoms with Crippen LogP contribution in [0.3, 0.4) is 0 Å². The third-order valence-corrected chi connectivity index (χ3v) is 8.40. The van der Waals surface area contributed by atoms with Gasteiger partial charge in [0, 0.05) is 23.3 Å². The predicted octanol–water partition coefficient (Wildman–Crippen LogP) is 1.83. The number of aryl methyl sites for hydroxylation is 2. The molecule has 218 valence electrons. The van der Waals surface area contributed by atoms with E-state index in [4.69, 9.17) is 11.5 Å². The number of benzene rings is 2. The third-order valence-electron chi connectivity index (χ3n) is 8.40. The number of H-pyrrole nitrogens is 2. The van der Waals surface area contributed by atoms with Crippen molar-refractivity contribution in [2.75, 3.05) is 6.54 Å². The van der Waals surface area contributed by atoms with Crippen molar-refractivity contribution in [3.05, 3.63) is 92.7 Å². The number of nitrogens with two attached hydrogens (primary N) is 2. The van der Waals surface area contributed by atoms with E-state index in [0.717, 1.165) is 40.7 Å². The van der Waals surface area contributed by atoms with Crippen LogP contribution in [-0.2, 0) is 23.1 Å². The lowest BCUT2D eigenvalue weighted by molar-refractivity contribution is -0.132. The molecule has 5 rings (SSSR count). The summed E-state index contributed by atoms with van der Waals surface area (Å²) in [5.74, 6) is -0.236. The molecule has 3 atom stereocenters. The fourth-order valence-corrected chi connectivity index (χ4v) is 6.28. The Kier molecular flexibility index (Phi) is 7.75. The highest BCUT2D eigenvalue weighted by Crippen LogP contribution is 2.47. The Hall–Kier alpha value is -4.69. The van der Waals surface area contributed by atoms with Gasteiger partial charge >= 0.3 is 5.69 Å².